The molecule has 1 aliphatic rings. The van der Waals surface area contributed by atoms with Crippen molar-refractivity contribution in [3.8, 4) is 0 Å². The molecule has 2 N–H and O–H groups in total. The number of sulfonamides is 1. The maximum absolute atomic E-state index is 11.9. The Kier molecular flexibility index (Phi) is 5.12. The van der Waals surface area contributed by atoms with Crippen molar-refractivity contribution in [3.63, 3.8) is 0 Å². The molecule has 1 aliphatic heterocycles. The summed E-state index contributed by atoms with van der Waals surface area (Å²) in [6.07, 6.45) is 6.87. The highest BCUT2D eigenvalue weighted by Crippen LogP contribution is 2.13. The molecule has 0 bridgehead atoms. The smallest absolute Gasteiger partial charge is 0.233 e. The van der Waals surface area contributed by atoms with Crippen LogP contribution in [0.1, 0.15) is 25.7 Å². The fourth-order valence-corrected chi connectivity index (χ4v) is 3.37. The summed E-state index contributed by atoms with van der Waals surface area (Å²) in [4.78, 5) is 7.87. The normalized spacial score (nSPS) is 20.2. The van der Waals surface area contributed by atoms with E-state index in [9.17, 15) is 8.42 Å². The summed E-state index contributed by atoms with van der Waals surface area (Å²) in [7, 11) is -3.35. The Labute approximate surface area is 121 Å². The van der Waals surface area contributed by atoms with Gasteiger partial charge in [-0.25, -0.2) is 18.4 Å². The zero-order valence-electron chi connectivity index (χ0n) is 10.5. The molecule has 1 saturated heterocycles. The number of anilines is 1. The SMILES string of the molecule is O=S(=O)(CCC1CCCCN1)Nc1cnc(Br)cn1. The van der Waals surface area contributed by atoms with Gasteiger partial charge in [-0.15, -0.1) is 0 Å². The molecular weight excluding hydrogens is 332 g/mol. The number of aromatic nitrogens is 2. The number of nitrogens with one attached hydrogen (secondary N) is 2. The number of hydrogen-bond donors (Lipinski definition) is 2. The summed E-state index contributed by atoms with van der Waals surface area (Å²) in [6.45, 7) is 0.982. The van der Waals surface area contributed by atoms with Gasteiger partial charge in [-0.2, -0.15) is 0 Å². The molecule has 0 spiro atoms. The van der Waals surface area contributed by atoms with Crippen LogP contribution in [0.5, 0.6) is 0 Å². The van der Waals surface area contributed by atoms with E-state index in [0.29, 0.717) is 17.1 Å². The number of hydrogen-bond acceptors (Lipinski definition) is 5. The lowest BCUT2D eigenvalue weighted by Gasteiger charge is -2.23. The van der Waals surface area contributed by atoms with Crippen LogP contribution in [-0.2, 0) is 10.0 Å². The maximum atomic E-state index is 11.9. The molecule has 0 saturated carbocycles. The second kappa shape index (κ2) is 6.62. The predicted octanol–water partition coefficient (Wildman–Crippen LogP) is 1.51. The van der Waals surface area contributed by atoms with Crippen LogP contribution in [0.2, 0.25) is 0 Å². The van der Waals surface area contributed by atoms with Crippen LogP contribution in [0.25, 0.3) is 0 Å². The summed E-state index contributed by atoms with van der Waals surface area (Å²) < 4.78 is 26.8. The van der Waals surface area contributed by atoms with E-state index in [1.165, 1.54) is 25.2 Å². The molecule has 1 aromatic heterocycles. The molecule has 0 amide bonds. The summed E-state index contributed by atoms with van der Waals surface area (Å²) in [5.74, 6) is 0.349. The summed E-state index contributed by atoms with van der Waals surface area (Å²) in [5.41, 5.74) is 0. The summed E-state index contributed by atoms with van der Waals surface area (Å²) >= 11 is 3.15. The highest BCUT2D eigenvalue weighted by Gasteiger charge is 2.17. The van der Waals surface area contributed by atoms with Gasteiger partial charge >= 0.3 is 0 Å². The zero-order valence-corrected chi connectivity index (χ0v) is 12.9. The van der Waals surface area contributed by atoms with E-state index in [1.807, 2.05) is 0 Å². The van der Waals surface area contributed by atoms with Crippen molar-refractivity contribution < 1.29 is 8.42 Å². The molecule has 1 fully saturated rings. The molecule has 0 aliphatic carbocycles. The van der Waals surface area contributed by atoms with Crippen molar-refractivity contribution in [3.05, 3.63) is 17.0 Å². The third-order valence-electron chi connectivity index (χ3n) is 3.03. The Bertz CT molecular complexity index is 500. The van der Waals surface area contributed by atoms with E-state index in [4.69, 9.17) is 0 Å². The molecule has 2 rings (SSSR count). The van der Waals surface area contributed by atoms with Crippen molar-refractivity contribution in [1.82, 2.24) is 15.3 Å². The number of nitrogens with zero attached hydrogens (tertiary/aromatic N) is 2. The topological polar surface area (TPSA) is 84.0 Å². The minimum atomic E-state index is -3.35. The van der Waals surface area contributed by atoms with Crippen molar-refractivity contribution in [2.75, 3.05) is 17.0 Å². The van der Waals surface area contributed by atoms with Crippen LogP contribution < -0.4 is 10.0 Å². The lowest BCUT2D eigenvalue weighted by molar-refractivity contribution is 0.393. The van der Waals surface area contributed by atoms with Crippen LogP contribution in [-0.4, -0.2) is 36.7 Å². The summed E-state index contributed by atoms with van der Waals surface area (Å²) in [6, 6.07) is 0.307. The summed E-state index contributed by atoms with van der Waals surface area (Å²) in [5, 5.41) is 3.34. The highest BCUT2D eigenvalue weighted by molar-refractivity contribution is 9.10. The van der Waals surface area contributed by atoms with Gasteiger partial charge in [0.25, 0.3) is 0 Å². The van der Waals surface area contributed by atoms with Crippen LogP contribution in [0.4, 0.5) is 5.82 Å². The minimum absolute atomic E-state index is 0.0996. The minimum Gasteiger partial charge on any atom is -0.314 e. The van der Waals surface area contributed by atoms with E-state index in [0.717, 1.165) is 13.0 Å². The first-order chi connectivity index (χ1) is 9.05. The average molecular weight is 349 g/mol. The van der Waals surface area contributed by atoms with Crippen LogP contribution >= 0.6 is 15.9 Å². The quantitative estimate of drug-likeness (QED) is 0.842. The Morgan fingerprint density at radius 3 is 2.84 bits per heavy atom. The molecule has 1 aromatic rings. The number of halogens is 1. The van der Waals surface area contributed by atoms with Gasteiger partial charge in [0.15, 0.2) is 5.82 Å². The number of piperidine rings is 1. The van der Waals surface area contributed by atoms with Crippen molar-refractivity contribution in [2.45, 2.75) is 31.7 Å². The first-order valence-corrected chi connectivity index (χ1v) is 8.71. The van der Waals surface area contributed by atoms with Gasteiger partial charge in [0, 0.05) is 6.04 Å². The number of rotatable bonds is 5. The standard InChI is InChI=1S/C11H17BrN4O2S/c12-10-7-15-11(8-14-10)16-19(17,18)6-4-9-3-1-2-5-13-9/h7-9,13H,1-6H2,(H,15,16). The van der Waals surface area contributed by atoms with Crippen molar-refractivity contribution >= 4 is 31.8 Å². The van der Waals surface area contributed by atoms with E-state index in [-0.39, 0.29) is 11.6 Å². The largest absolute Gasteiger partial charge is 0.314 e. The predicted molar refractivity (Wildman–Crippen MR) is 77.4 cm³/mol. The van der Waals surface area contributed by atoms with E-state index >= 15 is 0 Å². The fraction of sp³-hybridized carbons (Fsp3) is 0.636. The highest BCUT2D eigenvalue weighted by atomic mass is 79.9. The Morgan fingerprint density at radius 1 is 1.37 bits per heavy atom. The molecule has 0 radical (unpaired) electrons. The second-order valence-corrected chi connectivity index (χ2v) is 7.24. The van der Waals surface area contributed by atoms with E-state index < -0.39 is 10.0 Å². The van der Waals surface area contributed by atoms with E-state index in [1.54, 1.807) is 0 Å². The van der Waals surface area contributed by atoms with Gasteiger partial charge in [0.2, 0.25) is 10.0 Å². The second-order valence-electron chi connectivity index (χ2n) is 4.58. The van der Waals surface area contributed by atoms with Crippen LogP contribution in [0, 0.1) is 0 Å². The third-order valence-corrected chi connectivity index (χ3v) is 4.73. The van der Waals surface area contributed by atoms with Crippen molar-refractivity contribution in [2.24, 2.45) is 0 Å². The lowest BCUT2D eigenvalue weighted by atomic mass is 10.0. The van der Waals surface area contributed by atoms with Gasteiger partial charge in [-0.05, 0) is 41.7 Å². The monoisotopic (exact) mass is 348 g/mol. The van der Waals surface area contributed by atoms with Crippen LogP contribution in [0.3, 0.4) is 0 Å². The average Bonchev–Trinajstić information content (AvgIpc) is 2.40. The molecular formula is C11H17BrN4O2S. The first kappa shape index (κ1) is 14.7. The Morgan fingerprint density at radius 2 is 2.21 bits per heavy atom. The maximum Gasteiger partial charge on any atom is 0.233 e. The Balaban J connectivity index is 1.85. The molecule has 0 aromatic carbocycles. The third kappa shape index (κ3) is 5.04. The van der Waals surface area contributed by atoms with Gasteiger partial charge in [0.05, 0.1) is 18.1 Å². The molecule has 106 valence electrons. The van der Waals surface area contributed by atoms with Gasteiger partial charge in [0.1, 0.15) is 4.60 Å². The van der Waals surface area contributed by atoms with Crippen LogP contribution in [0.15, 0.2) is 17.0 Å². The molecule has 19 heavy (non-hydrogen) atoms. The van der Waals surface area contributed by atoms with Gasteiger partial charge < -0.3 is 5.32 Å². The molecule has 8 heteroatoms. The van der Waals surface area contributed by atoms with Gasteiger partial charge in [-0.3, -0.25) is 4.72 Å². The first-order valence-electron chi connectivity index (χ1n) is 6.26. The molecule has 2 heterocycles. The van der Waals surface area contributed by atoms with E-state index in [2.05, 4.69) is 35.9 Å². The van der Waals surface area contributed by atoms with Crippen molar-refractivity contribution in [1.29, 1.82) is 0 Å². The zero-order chi connectivity index (χ0) is 13.7. The van der Waals surface area contributed by atoms with Gasteiger partial charge in [-0.1, -0.05) is 6.42 Å². The fourth-order valence-electron chi connectivity index (χ4n) is 2.04. The molecule has 6 nitrogen and oxygen atoms in total. The Hall–Kier alpha value is -0.730. The molecule has 1 atom stereocenters. The molecule has 1 unspecified atom stereocenters. The lowest BCUT2D eigenvalue weighted by Crippen LogP contribution is -2.36.